The van der Waals surface area contributed by atoms with Crippen molar-refractivity contribution in [3.05, 3.63) is 48.0 Å². The van der Waals surface area contributed by atoms with E-state index in [2.05, 4.69) is 0 Å². The van der Waals surface area contributed by atoms with Crippen molar-refractivity contribution in [2.24, 2.45) is 11.8 Å². The first-order chi connectivity index (χ1) is 11.6. The highest BCUT2D eigenvalue weighted by molar-refractivity contribution is 5.83. The second-order valence-corrected chi connectivity index (χ2v) is 6.01. The zero-order valence-electron chi connectivity index (χ0n) is 13.5. The lowest BCUT2D eigenvalue weighted by atomic mass is 9.93. The Morgan fingerprint density at radius 1 is 1.21 bits per heavy atom. The molecule has 4 atom stereocenters. The molecule has 2 aliphatic rings. The van der Waals surface area contributed by atoms with Gasteiger partial charge in [-0.25, -0.2) is 9.59 Å². The largest absolute Gasteiger partial charge is 0.464 e. The van der Waals surface area contributed by atoms with Crippen LogP contribution in [0.3, 0.4) is 0 Å². The number of fused-ring (bicyclic) bond motifs is 1. The number of aliphatic hydroxyl groups excluding tert-OH is 1. The average molecular weight is 331 g/mol. The molecule has 6 nitrogen and oxygen atoms in total. The van der Waals surface area contributed by atoms with Gasteiger partial charge in [-0.1, -0.05) is 42.5 Å². The average Bonchev–Trinajstić information content (AvgIpc) is 3.14. The van der Waals surface area contributed by atoms with Gasteiger partial charge in [0.05, 0.1) is 12.7 Å². The van der Waals surface area contributed by atoms with Crippen molar-refractivity contribution in [3.8, 4) is 0 Å². The van der Waals surface area contributed by atoms with Gasteiger partial charge in [-0.2, -0.15) is 0 Å². The number of esters is 1. The smallest absolute Gasteiger partial charge is 0.410 e. The van der Waals surface area contributed by atoms with Gasteiger partial charge < -0.3 is 14.6 Å². The standard InChI is InChI=1S/C18H21NO5/c1-2-23-17(21)16-13-8-9-15(20)14(13)10-19(16)18(22)24-11-12-6-4-3-5-7-12/h3-9,13-16,20H,2,10-11H2,1H3. The van der Waals surface area contributed by atoms with Crippen LogP contribution in [0.15, 0.2) is 42.5 Å². The number of likely N-dealkylation sites (tertiary alicyclic amines) is 1. The van der Waals surface area contributed by atoms with Crippen molar-refractivity contribution in [3.63, 3.8) is 0 Å². The van der Waals surface area contributed by atoms with E-state index in [0.29, 0.717) is 0 Å². The molecule has 0 bridgehead atoms. The van der Waals surface area contributed by atoms with E-state index in [1.54, 1.807) is 19.1 Å². The molecule has 3 rings (SSSR count). The van der Waals surface area contributed by atoms with Gasteiger partial charge >= 0.3 is 12.1 Å². The summed E-state index contributed by atoms with van der Waals surface area (Å²) in [5.41, 5.74) is 0.873. The Morgan fingerprint density at radius 2 is 1.96 bits per heavy atom. The number of ether oxygens (including phenoxy) is 2. The number of carbonyl (C=O) groups excluding carboxylic acids is 2. The number of aliphatic hydroxyl groups is 1. The van der Waals surface area contributed by atoms with E-state index in [0.717, 1.165) is 5.56 Å². The third kappa shape index (κ3) is 3.14. The third-order valence-electron chi connectivity index (χ3n) is 4.54. The number of hydrogen-bond acceptors (Lipinski definition) is 5. The van der Waals surface area contributed by atoms with E-state index in [-0.39, 0.29) is 31.6 Å². The summed E-state index contributed by atoms with van der Waals surface area (Å²) in [6.07, 6.45) is 2.25. The molecule has 1 N–H and O–H groups in total. The number of carbonyl (C=O) groups is 2. The normalized spacial score (nSPS) is 27.8. The maximum atomic E-state index is 12.5. The molecule has 1 saturated heterocycles. The third-order valence-corrected chi connectivity index (χ3v) is 4.54. The molecule has 1 fully saturated rings. The van der Waals surface area contributed by atoms with Crippen LogP contribution in [-0.2, 0) is 20.9 Å². The van der Waals surface area contributed by atoms with Crippen LogP contribution in [0.25, 0.3) is 0 Å². The van der Waals surface area contributed by atoms with Gasteiger partial charge in [0.25, 0.3) is 0 Å². The Labute approximate surface area is 140 Å². The molecule has 6 heteroatoms. The van der Waals surface area contributed by atoms with Crippen molar-refractivity contribution in [2.45, 2.75) is 25.7 Å². The van der Waals surface area contributed by atoms with Gasteiger partial charge in [0.1, 0.15) is 12.6 Å². The van der Waals surface area contributed by atoms with Crippen LogP contribution in [0.2, 0.25) is 0 Å². The molecule has 1 amide bonds. The molecule has 24 heavy (non-hydrogen) atoms. The molecule has 1 aliphatic carbocycles. The minimum atomic E-state index is -0.744. The Bertz CT molecular complexity index is 630. The second-order valence-electron chi connectivity index (χ2n) is 6.01. The van der Waals surface area contributed by atoms with Crippen molar-refractivity contribution >= 4 is 12.1 Å². The summed E-state index contributed by atoms with van der Waals surface area (Å²) in [6, 6.07) is 8.60. The number of benzene rings is 1. The number of nitrogens with zero attached hydrogens (tertiary/aromatic N) is 1. The van der Waals surface area contributed by atoms with Crippen molar-refractivity contribution in [2.75, 3.05) is 13.2 Å². The molecule has 0 radical (unpaired) electrons. The topological polar surface area (TPSA) is 76.1 Å². The molecule has 1 heterocycles. The van der Waals surface area contributed by atoms with E-state index < -0.39 is 24.2 Å². The van der Waals surface area contributed by atoms with Crippen LogP contribution in [0.1, 0.15) is 12.5 Å². The molecular formula is C18H21NO5. The van der Waals surface area contributed by atoms with E-state index in [9.17, 15) is 14.7 Å². The summed E-state index contributed by atoms with van der Waals surface area (Å²) in [6.45, 7) is 2.38. The fourth-order valence-corrected chi connectivity index (χ4v) is 3.38. The van der Waals surface area contributed by atoms with Gasteiger partial charge in [-0.3, -0.25) is 4.90 Å². The summed E-state index contributed by atoms with van der Waals surface area (Å²) in [7, 11) is 0. The molecule has 0 saturated carbocycles. The van der Waals surface area contributed by atoms with Gasteiger partial charge in [-0.05, 0) is 12.5 Å². The predicted molar refractivity (Wildman–Crippen MR) is 85.9 cm³/mol. The van der Waals surface area contributed by atoms with Crippen LogP contribution in [0.4, 0.5) is 4.79 Å². The minimum Gasteiger partial charge on any atom is -0.464 e. The highest BCUT2D eigenvalue weighted by Gasteiger charge is 2.52. The first-order valence-corrected chi connectivity index (χ1v) is 8.12. The van der Waals surface area contributed by atoms with Crippen LogP contribution >= 0.6 is 0 Å². The van der Waals surface area contributed by atoms with Gasteiger partial charge in [-0.15, -0.1) is 0 Å². The zero-order valence-corrected chi connectivity index (χ0v) is 13.5. The monoisotopic (exact) mass is 331 g/mol. The lowest BCUT2D eigenvalue weighted by molar-refractivity contribution is -0.148. The van der Waals surface area contributed by atoms with Crippen LogP contribution in [0, 0.1) is 11.8 Å². The van der Waals surface area contributed by atoms with Crippen molar-refractivity contribution < 1.29 is 24.2 Å². The van der Waals surface area contributed by atoms with Crippen LogP contribution in [-0.4, -0.2) is 47.4 Å². The minimum absolute atomic E-state index is 0.138. The summed E-state index contributed by atoms with van der Waals surface area (Å²) in [4.78, 5) is 26.1. The Balaban J connectivity index is 1.71. The Kier molecular flexibility index (Phi) is 4.85. The SMILES string of the molecule is CCOC(=O)C1C2C=CC(O)C2CN1C(=O)OCc1ccccc1. The predicted octanol–water partition coefficient (Wildman–Crippen LogP) is 1.73. The fourth-order valence-electron chi connectivity index (χ4n) is 3.38. The molecule has 1 aromatic carbocycles. The van der Waals surface area contributed by atoms with Crippen LogP contribution < -0.4 is 0 Å². The quantitative estimate of drug-likeness (QED) is 0.672. The molecule has 0 spiro atoms. The lowest BCUT2D eigenvalue weighted by Gasteiger charge is -2.24. The summed E-state index contributed by atoms with van der Waals surface area (Å²) in [5, 5.41) is 10.0. The van der Waals surface area contributed by atoms with Crippen molar-refractivity contribution in [1.29, 1.82) is 0 Å². The molecule has 128 valence electrons. The van der Waals surface area contributed by atoms with E-state index in [1.165, 1.54) is 4.90 Å². The molecule has 1 aromatic rings. The van der Waals surface area contributed by atoms with E-state index >= 15 is 0 Å². The molecule has 4 unspecified atom stereocenters. The number of rotatable bonds is 4. The highest BCUT2D eigenvalue weighted by atomic mass is 16.6. The maximum absolute atomic E-state index is 12.5. The molecule has 0 aromatic heterocycles. The van der Waals surface area contributed by atoms with Gasteiger partial charge in [0.15, 0.2) is 0 Å². The number of amides is 1. The molecule has 1 aliphatic heterocycles. The van der Waals surface area contributed by atoms with Crippen molar-refractivity contribution in [1.82, 2.24) is 4.90 Å². The first-order valence-electron chi connectivity index (χ1n) is 8.12. The molecular weight excluding hydrogens is 310 g/mol. The fraction of sp³-hybridized carbons (Fsp3) is 0.444. The van der Waals surface area contributed by atoms with Gasteiger partial charge in [0.2, 0.25) is 0 Å². The van der Waals surface area contributed by atoms with E-state index in [4.69, 9.17) is 9.47 Å². The summed E-state index contributed by atoms with van der Waals surface area (Å²) in [5.74, 6) is -0.882. The summed E-state index contributed by atoms with van der Waals surface area (Å²) >= 11 is 0. The van der Waals surface area contributed by atoms with E-state index in [1.807, 2.05) is 30.3 Å². The number of hydrogen-bond donors (Lipinski definition) is 1. The highest BCUT2D eigenvalue weighted by Crippen LogP contribution is 2.39. The van der Waals surface area contributed by atoms with Crippen LogP contribution in [0.5, 0.6) is 0 Å². The summed E-state index contributed by atoms with van der Waals surface area (Å²) < 4.78 is 10.5. The Hall–Kier alpha value is -2.34. The zero-order chi connectivity index (χ0) is 17.1. The first kappa shape index (κ1) is 16.5. The Morgan fingerprint density at radius 3 is 2.67 bits per heavy atom. The van der Waals surface area contributed by atoms with Gasteiger partial charge in [0, 0.05) is 18.4 Å². The lowest BCUT2D eigenvalue weighted by Crippen LogP contribution is -2.44. The maximum Gasteiger partial charge on any atom is 0.410 e. The second kappa shape index (κ2) is 7.05.